The Morgan fingerprint density at radius 3 is 1.92 bits per heavy atom. The Labute approximate surface area is 161 Å². The summed E-state index contributed by atoms with van der Waals surface area (Å²) in [4.78, 5) is 0. The Morgan fingerprint density at radius 2 is 1.46 bits per heavy atom. The largest absolute Gasteiger partial charge is 0.500 e. The Kier molecular flexibility index (Phi) is 11.6. The molecule has 0 aromatic carbocycles. The van der Waals surface area contributed by atoms with Gasteiger partial charge in [0.15, 0.2) is 0 Å². The molecule has 24 heavy (non-hydrogen) atoms. The summed E-state index contributed by atoms with van der Waals surface area (Å²) in [6.45, 7) is 8.09. The molecule has 0 saturated heterocycles. The van der Waals surface area contributed by atoms with E-state index in [1.54, 1.807) is 0 Å². The van der Waals surface area contributed by atoms with Crippen LogP contribution in [0.25, 0.3) is 0 Å². The zero-order valence-electron chi connectivity index (χ0n) is 15.9. The van der Waals surface area contributed by atoms with Crippen LogP contribution in [0.15, 0.2) is 0 Å². The van der Waals surface area contributed by atoms with E-state index in [0.717, 1.165) is 29.9 Å². The molecule has 1 aliphatic rings. The maximum atomic E-state index is 6.05. The van der Waals surface area contributed by atoms with Crippen LogP contribution in [-0.4, -0.2) is 40.1 Å². The summed E-state index contributed by atoms with van der Waals surface area (Å²) < 4.78 is 18.2. The highest BCUT2D eigenvalue weighted by Gasteiger charge is 2.44. The molecule has 0 aliphatic heterocycles. The lowest BCUT2D eigenvalue weighted by Gasteiger charge is -2.45. The third-order valence-corrected chi connectivity index (χ3v) is 8.99. The molecule has 1 aliphatic carbocycles. The lowest BCUT2D eigenvalue weighted by atomic mass is 9.62. The average Bonchev–Trinajstić information content (AvgIpc) is 2.55. The maximum Gasteiger partial charge on any atom is 0.500 e. The normalized spacial score (nSPS) is 21.1. The molecule has 1 fully saturated rings. The summed E-state index contributed by atoms with van der Waals surface area (Å²) in [7, 11) is -2.53. The molecule has 0 amide bonds. The van der Waals surface area contributed by atoms with Crippen molar-refractivity contribution < 1.29 is 13.3 Å². The van der Waals surface area contributed by atoms with Gasteiger partial charge in [-0.1, -0.05) is 12.8 Å². The summed E-state index contributed by atoms with van der Waals surface area (Å²) in [5.74, 6) is 2.66. The number of hydrogen-bond acceptors (Lipinski definition) is 5. The second-order valence-electron chi connectivity index (χ2n) is 6.77. The molecular formula is C18H38O3S2Si. The van der Waals surface area contributed by atoms with Gasteiger partial charge in [-0.05, 0) is 75.7 Å². The van der Waals surface area contributed by atoms with E-state index < -0.39 is 8.80 Å². The van der Waals surface area contributed by atoms with Gasteiger partial charge in [-0.2, -0.15) is 25.3 Å². The van der Waals surface area contributed by atoms with E-state index in [9.17, 15) is 0 Å². The van der Waals surface area contributed by atoms with Crippen molar-refractivity contribution in [1.29, 1.82) is 0 Å². The van der Waals surface area contributed by atoms with Gasteiger partial charge in [0, 0.05) is 25.9 Å². The highest BCUT2D eigenvalue weighted by atomic mass is 32.1. The SMILES string of the molecule is CCO[Si](CCC1CCCCC1(CCS)CCS)(OCC)OCC. The maximum absolute atomic E-state index is 6.05. The summed E-state index contributed by atoms with van der Waals surface area (Å²) in [6, 6.07) is 0.939. The molecule has 0 N–H and O–H groups in total. The van der Waals surface area contributed by atoms with Gasteiger partial charge in [-0.25, -0.2) is 0 Å². The molecule has 0 aromatic rings. The first-order valence-corrected chi connectivity index (χ1v) is 12.9. The van der Waals surface area contributed by atoms with Crippen molar-refractivity contribution in [2.45, 2.75) is 71.8 Å². The molecular weight excluding hydrogens is 356 g/mol. The molecule has 1 saturated carbocycles. The van der Waals surface area contributed by atoms with Gasteiger partial charge in [0.25, 0.3) is 0 Å². The Hall–Kier alpha value is 0.797. The van der Waals surface area contributed by atoms with Gasteiger partial charge in [-0.15, -0.1) is 0 Å². The first kappa shape index (κ1) is 22.8. The van der Waals surface area contributed by atoms with Crippen molar-refractivity contribution in [2.75, 3.05) is 31.3 Å². The third kappa shape index (κ3) is 6.51. The first-order valence-electron chi connectivity index (χ1n) is 9.75. The topological polar surface area (TPSA) is 27.7 Å². The van der Waals surface area contributed by atoms with E-state index in [0.29, 0.717) is 25.2 Å². The number of hydrogen-bond donors (Lipinski definition) is 2. The van der Waals surface area contributed by atoms with Crippen LogP contribution in [0.1, 0.15) is 65.7 Å². The van der Waals surface area contributed by atoms with Crippen LogP contribution in [0, 0.1) is 11.3 Å². The van der Waals surface area contributed by atoms with E-state index >= 15 is 0 Å². The fourth-order valence-corrected chi connectivity index (χ4v) is 8.00. The van der Waals surface area contributed by atoms with E-state index in [4.69, 9.17) is 13.3 Å². The fraction of sp³-hybridized carbons (Fsp3) is 1.00. The molecule has 0 bridgehead atoms. The molecule has 0 spiro atoms. The minimum Gasteiger partial charge on any atom is -0.374 e. The predicted molar refractivity (Wildman–Crippen MR) is 111 cm³/mol. The Morgan fingerprint density at radius 1 is 0.917 bits per heavy atom. The summed E-state index contributed by atoms with van der Waals surface area (Å²) in [6.07, 6.45) is 8.89. The van der Waals surface area contributed by atoms with Gasteiger partial charge in [-0.3, -0.25) is 0 Å². The molecule has 0 radical (unpaired) electrons. The predicted octanol–water partition coefficient (Wildman–Crippen LogP) is 5.24. The zero-order valence-corrected chi connectivity index (χ0v) is 18.7. The van der Waals surface area contributed by atoms with Crippen molar-refractivity contribution >= 4 is 34.1 Å². The third-order valence-electron chi connectivity index (χ3n) is 5.45. The molecule has 1 rings (SSSR count). The van der Waals surface area contributed by atoms with E-state index in [2.05, 4.69) is 25.3 Å². The molecule has 0 heterocycles. The van der Waals surface area contributed by atoms with E-state index in [-0.39, 0.29) is 0 Å². The summed E-state index contributed by atoms with van der Waals surface area (Å²) in [5.41, 5.74) is 0.409. The Bertz CT molecular complexity index is 303. The highest BCUT2D eigenvalue weighted by molar-refractivity contribution is 7.80. The molecule has 144 valence electrons. The van der Waals surface area contributed by atoms with Crippen LogP contribution in [0.2, 0.25) is 6.04 Å². The van der Waals surface area contributed by atoms with Crippen LogP contribution in [0.3, 0.4) is 0 Å². The summed E-state index contributed by atoms with van der Waals surface area (Å²) >= 11 is 9.11. The van der Waals surface area contributed by atoms with E-state index in [1.807, 2.05) is 20.8 Å². The quantitative estimate of drug-likeness (QED) is 0.330. The first-order chi connectivity index (χ1) is 11.6. The standard InChI is InChI=1S/C18H38O3S2Si/c1-4-19-24(20-5-2,21-6-3)16-10-17-9-7-8-11-18(17,12-14-22)13-15-23/h17,22-23H,4-16H2,1-3H3. The summed E-state index contributed by atoms with van der Waals surface area (Å²) in [5, 5.41) is 0. The second kappa shape index (κ2) is 12.2. The van der Waals surface area contributed by atoms with E-state index in [1.165, 1.54) is 38.5 Å². The number of thiol groups is 2. The highest BCUT2D eigenvalue weighted by Crippen LogP contribution is 2.49. The molecule has 1 unspecified atom stereocenters. The van der Waals surface area contributed by atoms with Crippen LogP contribution >= 0.6 is 25.3 Å². The van der Waals surface area contributed by atoms with Crippen molar-refractivity contribution in [3.63, 3.8) is 0 Å². The Balaban J connectivity index is 2.83. The molecule has 6 heteroatoms. The fourth-order valence-electron chi connectivity index (χ4n) is 4.41. The van der Waals surface area contributed by atoms with Crippen molar-refractivity contribution in [2.24, 2.45) is 11.3 Å². The minimum atomic E-state index is -2.53. The lowest BCUT2D eigenvalue weighted by Crippen LogP contribution is -2.47. The average molecular weight is 395 g/mol. The van der Waals surface area contributed by atoms with Gasteiger partial charge < -0.3 is 13.3 Å². The molecule has 1 atom stereocenters. The van der Waals surface area contributed by atoms with Gasteiger partial charge in [0.1, 0.15) is 0 Å². The van der Waals surface area contributed by atoms with Gasteiger partial charge in [0.2, 0.25) is 0 Å². The van der Waals surface area contributed by atoms with Gasteiger partial charge >= 0.3 is 8.80 Å². The van der Waals surface area contributed by atoms with Crippen molar-refractivity contribution in [3.05, 3.63) is 0 Å². The van der Waals surface area contributed by atoms with Crippen molar-refractivity contribution in [1.82, 2.24) is 0 Å². The van der Waals surface area contributed by atoms with Crippen LogP contribution < -0.4 is 0 Å². The van der Waals surface area contributed by atoms with Crippen LogP contribution in [-0.2, 0) is 13.3 Å². The second-order valence-corrected chi connectivity index (χ2v) is 10.4. The smallest absolute Gasteiger partial charge is 0.374 e. The lowest BCUT2D eigenvalue weighted by molar-refractivity contribution is 0.0537. The van der Waals surface area contributed by atoms with Crippen LogP contribution in [0.4, 0.5) is 0 Å². The minimum absolute atomic E-state index is 0.409. The van der Waals surface area contributed by atoms with Gasteiger partial charge in [0.05, 0.1) is 0 Å². The zero-order chi connectivity index (χ0) is 17.9. The van der Waals surface area contributed by atoms with Crippen LogP contribution in [0.5, 0.6) is 0 Å². The van der Waals surface area contributed by atoms with Crippen molar-refractivity contribution in [3.8, 4) is 0 Å². The number of rotatable bonds is 13. The monoisotopic (exact) mass is 394 g/mol. The molecule has 3 nitrogen and oxygen atoms in total. The molecule has 0 aromatic heterocycles.